The number of hydrogen-bond acceptors (Lipinski definition) is 5. The lowest BCUT2D eigenvalue weighted by Gasteiger charge is -2.36. The van der Waals surface area contributed by atoms with Crippen LogP contribution in [-0.2, 0) is 15.8 Å². The Kier molecular flexibility index (Phi) is 11.3. The second kappa shape index (κ2) is 14.6. The zero-order chi connectivity index (χ0) is 32.2. The molecule has 44 heavy (non-hydrogen) atoms. The van der Waals surface area contributed by atoms with E-state index in [4.69, 9.17) is 4.43 Å². The van der Waals surface area contributed by atoms with Crippen molar-refractivity contribution in [3.63, 3.8) is 0 Å². The minimum atomic E-state index is -2.11. The molecule has 240 valence electrons. The fourth-order valence-electron chi connectivity index (χ4n) is 6.79. The van der Waals surface area contributed by atoms with Crippen LogP contribution in [0.4, 0.5) is 8.78 Å². The molecular formula is C34H47F2N3O3SSi. The van der Waals surface area contributed by atoms with Crippen LogP contribution in [-0.4, -0.2) is 41.2 Å². The molecule has 10 heteroatoms. The molecule has 0 N–H and O–H groups in total. The molecule has 0 radical (unpaired) electrons. The van der Waals surface area contributed by atoms with Crippen LogP contribution in [0.15, 0.2) is 29.8 Å². The standard InChI is InChI=1S/C34H47F2N3O3SSi/c1-8-44(9-2,10-3)42-32(33-22(4)21-43-25(33)7)20-38(19-26-15-28(35)17-29(36)16-26)34(41)31-18-37-39(23(31)5)30-13-11-27(12-14-30)24(6)40/h15-18,21,27,30,32H,8-14,19-20H2,1-7H3/t27-,30-,32?. The first kappa shape index (κ1) is 34.2. The zero-order valence-electron chi connectivity index (χ0n) is 27.2. The predicted octanol–water partition coefficient (Wildman–Crippen LogP) is 8.87. The summed E-state index contributed by atoms with van der Waals surface area (Å²) in [5.41, 5.74) is 3.83. The lowest BCUT2D eigenvalue weighted by Crippen LogP contribution is -2.42. The molecule has 4 rings (SSSR count). The van der Waals surface area contributed by atoms with Crippen molar-refractivity contribution in [1.82, 2.24) is 14.7 Å². The van der Waals surface area contributed by atoms with E-state index in [1.165, 1.54) is 12.1 Å². The Morgan fingerprint density at radius 1 is 1.05 bits per heavy atom. The van der Waals surface area contributed by atoms with Gasteiger partial charge in [-0.3, -0.25) is 14.3 Å². The number of thiophene rings is 1. The molecule has 1 unspecified atom stereocenters. The molecule has 0 bridgehead atoms. The van der Waals surface area contributed by atoms with Crippen LogP contribution in [0.2, 0.25) is 18.1 Å². The Labute approximate surface area is 265 Å². The molecule has 6 nitrogen and oxygen atoms in total. The summed E-state index contributed by atoms with van der Waals surface area (Å²) >= 11 is 1.67. The molecule has 1 aliphatic rings. The summed E-state index contributed by atoms with van der Waals surface area (Å²) in [7, 11) is -2.11. The summed E-state index contributed by atoms with van der Waals surface area (Å²) in [6.07, 6.45) is 4.54. The minimum absolute atomic E-state index is 0.0306. The fraction of sp³-hybridized carbons (Fsp3) is 0.559. The molecule has 1 aromatic carbocycles. The number of nitrogens with zero attached hydrogens (tertiary/aromatic N) is 3. The second-order valence-electron chi connectivity index (χ2n) is 12.4. The van der Waals surface area contributed by atoms with E-state index >= 15 is 0 Å². The number of halogens is 2. The van der Waals surface area contributed by atoms with Crippen molar-refractivity contribution in [2.75, 3.05) is 6.54 Å². The Bertz CT molecular complexity index is 1410. The van der Waals surface area contributed by atoms with E-state index in [-0.39, 0.29) is 42.8 Å². The van der Waals surface area contributed by atoms with Gasteiger partial charge in [0.15, 0.2) is 8.32 Å². The molecule has 3 aromatic rings. The van der Waals surface area contributed by atoms with Crippen molar-refractivity contribution in [1.29, 1.82) is 0 Å². The maximum atomic E-state index is 14.4. The number of carbonyl (C=O) groups excluding carboxylic acids is 2. The number of benzene rings is 1. The monoisotopic (exact) mass is 643 g/mol. The maximum Gasteiger partial charge on any atom is 0.257 e. The Morgan fingerprint density at radius 3 is 2.18 bits per heavy atom. The third-order valence-electron chi connectivity index (χ3n) is 9.73. The van der Waals surface area contributed by atoms with Gasteiger partial charge >= 0.3 is 0 Å². The molecule has 1 fully saturated rings. The molecule has 1 amide bonds. The number of hydrogen-bond donors (Lipinski definition) is 0. The Hall–Kier alpha value is -2.69. The highest BCUT2D eigenvalue weighted by molar-refractivity contribution is 7.10. The van der Waals surface area contributed by atoms with Crippen molar-refractivity contribution in [3.8, 4) is 0 Å². The summed E-state index contributed by atoms with van der Waals surface area (Å²) < 4.78 is 37.7. The third kappa shape index (κ3) is 7.57. The van der Waals surface area contributed by atoms with Gasteiger partial charge in [0.05, 0.1) is 30.5 Å². The van der Waals surface area contributed by atoms with Gasteiger partial charge < -0.3 is 9.33 Å². The van der Waals surface area contributed by atoms with Crippen molar-refractivity contribution in [2.45, 2.75) is 111 Å². The number of Topliss-reactive ketones (excluding diaryl/α,β-unsaturated/α-hetero) is 1. The lowest BCUT2D eigenvalue weighted by atomic mass is 9.84. The number of ketones is 1. The van der Waals surface area contributed by atoms with Gasteiger partial charge in [-0.2, -0.15) is 5.10 Å². The summed E-state index contributed by atoms with van der Waals surface area (Å²) in [5.74, 6) is -1.27. The molecule has 1 atom stereocenters. The van der Waals surface area contributed by atoms with Gasteiger partial charge in [-0.15, -0.1) is 11.3 Å². The van der Waals surface area contributed by atoms with Gasteiger partial charge in [-0.05, 0) is 106 Å². The van der Waals surface area contributed by atoms with E-state index in [1.807, 2.05) is 11.6 Å². The summed E-state index contributed by atoms with van der Waals surface area (Å²) in [6, 6.07) is 6.41. The lowest BCUT2D eigenvalue weighted by molar-refractivity contribution is -0.121. The van der Waals surface area contributed by atoms with Crippen molar-refractivity contribution >= 4 is 31.3 Å². The minimum Gasteiger partial charge on any atom is -0.408 e. The number of aromatic nitrogens is 2. The smallest absolute Gasteiger partial charge is 0.257 e. The molecule has 1 aliphatic carbocycles. The van der Waals surface area contributed by atoms with Crippen LogP contribution in [0, 0.1) is 38.3 Å². The van der Waals surface area contributed by atoms with Crippen molar-refractivity contribution in [3.05, 3.63) is 74.2 Å². The van der Waals surface area contributed by atoms with Gasteiger partial charge in [-0.1, -0.05) is 20.8 Å². The maximum absolute atomic E-state index is 14.4. The summed E-state index contributed by atoms with van der Waals surface area (Å²) in [5, 5.41) is 6.77. The molecule has 0 aliphatic heterocycles. The van der Waals surface area contributed by atoms with Gasteiger partial charge in [0.2, 0.25) is 0 Å². The fourth-order valence-corrected chi connectivity index (χ4v) is 10.5. The van der Waals surface area contributed by atoms with Gasteiger partial charge in [0.25, 0.3) is 5.91 Å². The average Bonchev–Trinajstić information content (AvgIpc) is 3.54. The van der Waals surface area contributed by atoms with E-state index < -0.39 is 20.0 Å². The average molecular weight is 644 g/mol. The van der Waals surface area contributed by atoms with Gasteiger partial charge in [-0.25, -0.2) is 8.78 Å². The van der Waals surface area contributed by atoms with Gasteiger partial charge in [0, 0.05) is 29.1 Å². The molecular weight excluding hydrogens is 597 g/mol. The quantitative estimate of drug-likeness (QED) is 0.175. The summed E-state index contributed by atoms with van der Waals surface area (Å²) in [6.45, 7) is 14.6. The number of carbonyl (C=O) groups is 2. The number of amides is 1. The van der Waals surface area contributed by atoms with Gasteiger partial charge in [0.1, 0.15) is 17.4 Å². The highest BCUT2D eigenvalue weighted by Gasteiger charge is 2.36. The first-order valence-corrected chi connectivity index (χ1v) is 19.3. The largest absolute Gasteiger partial charge is 0.408 e. The first-order chi connectivity index (χ1) is 20.9. The zero-order valence-corrected chi connectivity index (χ0v) is 29.0. The Balaban J connectivity index is 1.72. The number of rotatable bonds is 13. The van der Waals surface area contributed by atoms with E-state index in [9.17, 15) is 18.4 Å². The SMILES string of the molecule is CC[Si](CC)(CC)OC(CN(Cc1cc(F)cc(F)c1)C(=O)c1cnn([C@H]2CC[C@H](C(C)=O)CC2)c1C)c1c(C)csc1C. The molecule has 1 saturated carbocycles. The van der Waals surface area contributed by atoms with Crippen LogP contribution < -0.4 is 0 Å². The van der Waals surface area contributed by atoms with E-state index in [2.05, 4.69) is 45.1 Å². The topological polar surface area (TPSA) is 64.4 Å². The van der Waals surface area contributed by atoms with Crippen LogP contribution in [0.25, 0.3) is 0 Å². The van der Waals surface area contributed by atoms with E-state index in [0.29, 0.717) is 11.1 Å². The Morgan fingerprint density at radius 2 is 1.66 bits per heavy atom. The normalized spacial score (nSPS) is 17.9. The molecule has 0 spiro atoms. The third-order valence-corrected chi connectivity index (χ3v) is 15.4. The molecule has 2 aromatic heterocycles. The highest BCUT2D eigenvalue weighted by Crippen LogP contribution is 2.37. The summed E-state index contributed by atoms with van der Waals surface area (Å²) in [4.78, 5) is 29.2. The van der Waals surface area contributed by atoms with E-state index in [1.54, 1.807) is 29.4 Å². The molecule has 2 heterocycles. The van der Waals surface area contributed by atoms with Crippen LogP contribution in [0.3, 0.4) is 0 Å². The first-order valence-electron chi connectivity index (χ1n) is 15.9. The van der Waals surface area contributed by atoms with E-state index in [0.717, 1.165) is 71.6 Å². The van der Waals surface area contributed by atoms with Crippen LogP contribution >= 0.6 is 11.3 Å². The number of aryl methyl sites for hydroxylation is 2. The van der Waals surface area contributed by atoms with Crippen LogP contribution in [0.5, 0.6) is 0 Å². The predicted molar refractivity (Wildman–Crippen MR) is 175 cm³/mol. The van der Waals surface area contributed by atoms with Crippen LogP contribution in [0.1, 0.15) is 103 Å². The second-order valence-corrected chi connectivity index (χ2v) is 18.2. The van der Waals surface area contributed by atoms with Crippen molar-refractivity contribution < 1.29 is 22.8 Å². The van der Waals surface area contributed by atoms with Crippen molar-refractivity contribution in [2.24, 2.45) is 5.92 Å². The highest BCUT2D eigenvalue weighted by atomic mass is 32.1. The molecule has 0 saturated heterocycles.